The van der Waals surface area contributed by atoms with Crippen molar-refractivity contribution in [2.75, 3.05) is 0 Å². The van der Waals surface area contributed by atoms with Crippen molar-refractivity contribution in [3.8, 4) is 5.75 Å². The second-order valence-corrected chi connectivity index (χ2v) is 8.09. The number of rotatable bonds is 6. The van der Waals surface area contributed by atoms with Crippen LogP contribution in [0.15, 0.2) is 67.0 Å². The van der Waals surface area contributed by atoms with Crippen molar-refractivity contribution in [1.82, 2.24) is 9.97 Å². The van der Waals surface area contributed by atoms with E-state index in [1.54, 1.807) is 18.5 Å². The Hall–Kier alpha value is -1.95. The van der Waals surface area contributed by atoms with Gasteiger partial charge >= 0.3 is 0 Å². The van der Waals surface area contributed by atoms with E-state index in [9.17, 15) is 0 Å². The zero-order valence-electron chi connectivity index (χ0n) is 15.3. The lowest BCUT2D eigenvalue weighted by molar-refractivity contribution is 0.295. The molecule has 1 atom stereocenters. The molecule has 0 N–H and O–H groups in total. The van der Waals surface area contributed by atoms with E-state index in [1.807, 2.05) is 12.1 Å². The number of aromatic nitrogens is 2. The summed E-state index contributed by atoms with van der Waals surface area (Å²) in [6, 6.07) is 19.0. The normalized spacial score (nSPS) is 13.4. The van der Waals surface area contributed by atoms with Gasteiger partial charge in [-0.3, -0.25) is 0 Å². The van der Waals surface area contributed by atoms with E-state index in [1.165, 1.54) is 14.7 Å². The number of benzene rings is 2. The Kier molecular flexibility index (Phi) is 5.91. The zero-order chi connectivity index (χ0) is 18.6. The molecule has 0 radical (unpaired) electrons. The van der Waals surface area contributed by atoms with Crippen molar-refractivity contribution in [2.24, 2.45) is 5.92 Å². The summed E-state index contributed by atoms with van der Waals surface area (Å²) in [6.45, 7) is 7.23. The van der Waals surface area contributed by atoms with Gasteiger partial charge in [-0.1, -0.05) is 45.0 Å². The third-order valence-electron chi connectivity index (χ3n) is 5.04. The molecule has 1 unspecified atom stereocenters. The fraction of sp³-hybridized carbons (Fsp3) is 0.273. The molecule has 4 heteroatoms. The molecule has 0 saturated heterocycles. The van der Waals surface area contributed by atoms with E-state index in [4.69, 9.17) is 4.74 Å². The Morgan fingerprint density at radius 3 is 2.00 bits per heavy atom. The molecule has 0 aliphatic rings. The molecule has 0 aliphatic carbocycles. The van der Waals surface area contributed by atoms with Crippen LogP contribution < -0.4 is 4.74 Å². The highest BCUT2D eigenvalue weighted by molar-refractivity contribution is 14.1. The number of hydrogen-bond acceptors (Lipinski definition) is 3. The third-order valence-corrected chi connectivity index (χ3v) is 5.76. The first-order chi connectivity index (χ1) is 12.5. The van der Waals surface area contributed by atoms with Crippen LogP contribution in [-0.4, -0.2) is 9.97 Å². The van der Waals surface area contributed by atoms with Crippen LogP contribution >= 0.6 is 22.6 Å². The van der Waals surface area contributed by atoms with Gasteiger partial charge < -0.3 is 4.74 Å². The van der Waals surface area contributed by atoms with Gasteiger partial charge in [-0.05, 0) is 70.0 Å². The minimum absolute atomic E-state index is 0.0502. The highest BCUT2D eigenvalue weighted by Gasteiger charge is 2.32. The maximum Gasteiger partial charge on any atom is 0.166 e. The first-order valence-corrected chi connectivity index (χ1v) is 9.83. The summed E-state index contributed by atoms with van der Waals surface area (Å²) in [5, 5.41) is 0. The molecule has 0 spiro atoms. The summed E-state index contributed by atoms with van der Waals surface area (Å²) in [5.41, 5.74) is 2.57. The van der Waals surface area contributed by atoms with Crippen molar-refractivity contribution >= 4 is 22.6 Å². The minimum Gasteiger partial charge on any atom is -0.486 e. The summed E-state index contributed by atoms with van der Waals surface area (Å²) >= 11 is 2.35. The van der Waals surface area contributed by atoms with Gasteiger partial charge in [0.25, 0.3) is 0 Å². The van der Waals surface area contributed by atoms with Crippen molar-refractivity contribution in [1.29, 1.82) is 0 Å². The molecule has 3 aromatic rings. The smallest absolute Gasteiger partial charge is 0.166 e. The predicted molar refractivity (Wildman–Crippen MR) is 113 cm³/mol. The molecule has 0 fully saturated rings. The van der Waals surface area contributed by atoms with Gasteiger partial charge in [0.2, 0.25) is 0 Å². The van der Waals surface area contributed by atoms with E-state index >= 15 is 0 Å². The average Bonchev–Trinajstić information content (AvgIpc) is 2.67. The summed E-state index contributed by atoms with van der Waals surface area (Å²) in [6.07, 6.45) is 3.45. The lowest BCUT2D eigenvalue weighted by atomic mass is 9.68. The number of halogens is 1. The van der Waals surface area contributed by atoms with E-state index < -0.39 is 0 Å². The van der Waals surface area contributed by atoms with Crippen LogP contribution in [0.4, 0.5) is 0 Å². The van der Waals surface area contributed by atoms with Crippen molar-refractivity contribution < 1.29 is 4.74 Å². The fourth-order valence-corrected chi connectivity index (χ4v) is 3.44. The van der Waals surface area contributed by atoms with Crippen LogP contribution in [0.3, 0.4) is 0 Å². The molecule has 134 valence electrons. The fourth-order valence-electron chi connectivity index (χ4n) is 3.08. The number of hydrogen-bond donors (Lipinski definition) is 0. The van der Waals surface area contributed by atoms with Gasteiger partial charge in [0.05, 0.1) is 0 Å². The van der Waals surface area contributed by atoms with Crippen LogP contribution in [0.1, 0.15) is 37.7 Å². The lowest BCUT2D eigenvalue weighted by Gasteiger charge is -2.35. The SMILES string of the molecule is CC(C)C(C)(c1ccc(I)cc1)c1ccc(OCc2ncccn2)cc1. The van der Waals surface area contributed by atoms with Gasteiger partial charge in [0, 0.05) is 21.4 Å². The molecule has 1 aromatic heterocycles. The Morgan fingerprint density at radius 2 is 1.46 bits per heavy atom. The standard InChI is InChI=1S/C22H23IN2O/c1-16(2)22(3,17-5-9-19(23)10-6-17)18-7-11-20(12-8-18)26-15-21-24-13-4-14-25-21/h4-14,16H,15H2,1-3H3. The maximum atomic E-state index is 5.82. The first-order valence-electron chi connectivity index (χ1n) is 8.75. The molecule has 3 rings (SSSR count). The van der Waals surface area contributed by atoms with Gasteiger partial charge in [-0.25, -0.2) is 9.97 Å². The summed E-state index contributed by atoms with van der Waals surface area (Å²) in [4.78, 5) is 8.37. The molecular formula is C22H23IN2O. The van der Waals surface area contributed by atoms with E-state index in [0.29, 0.717) is 18.3 Å². The third kappa shape index (κ3) is 4.06. The monoisotopic (exact) mass is 458 g/mol. The van der Waals surface area contributed by atoms with E-state index in [0.717, 1.165) is 5.75 Å². The molecule has 0 saturated carbocycles. The first kappa shape index (κ1) is 18.8. The topological polar surface area (TPSA) is 35.0 Å². The Morgan fingerprint density at radius 1 is 0.923 bits per heavy atom. The molecule has 2 aromatic carbocycles. The second-order valence-electron chi connectivity index (χ2n) is 6.84. The van der Waals surface area contributed by atoms with Gasteiger partial charge in [-0.15, -0.1) is 0 Å². The molecule has 26 heavy (non-hydrogen) atoms. The number of nitrogens with zero attached hydrogens (tertiary/aromatic N) is 2. The molecule has 3 nitrogen and oxygen atoms in total. The van der Waals surface area contributed by atoms with E-state index in [-0.39, 0.29) is 5.41 Å². The van der Waals surface area contributed by atoms with E-state index in [2.05, 4.69) is 89.7 Å². The average molecular weight is 458 g/mol. The van der Waals surface area contributed by atoms with Crippen LogP contribution in [-0.2, 0) is 12.0 Å². The Labute approximate surface area is 169 Å². The summed E-state index contributed by atoms with van der Waals surface area (Å²) < 4.78 is 7.07. The lowest BCUT2D eigenvalue weighted by Crippen LogP contribution is -2.30. The number of ether oxygens (including phenoxy) is 1. The highest BCUT2D eigenvalue weighted by atomic mass is 127. The molecule has 0 amide bonds. The van der Waals surface area contributed by atoms with Gasteiger partial charge in [0.1, 0.15) is 12.4 Å². The van der Waals surface area contributed by atoms with Crippen LogP contribution in [0, 0.1) is 9.49 Å². The van der Waals surface area contributed by atoms with Crippen LogP contribution in [0.25, 0.3) is 0 Å². The summed E-state index contributed by atoms with van der Waals surface area (Å²) in [5.74, 6) is 1.98. The zero-order valence-corrected chi connectivity index (χ0v) is 17.5. The largest absolute Gasteiger partial charge is 0.486 e. The van der Waals surface area contributed by atoms with Crippen LogP contribution in [0.2, 0.25) is 0 Å². The molecule has 1 heterocycles. The maximum absolute atomic E-state index is 5.82. The van der Waals surface area contributed by atoms with Crippen LogP contribution in [0.5, 0.6) is 5.75 Å². The minimum atomic E-state index is -0.0502. The van der Waals surface area contributed by atoms with Crippen molar-refractivity contribution in [3.63, 3.8) is 0 Å². The van der Waals surface area contributed by atoms with Crippen molar-refractivity contribution in [3.05, 3.63) is 87.5 Å². The van der Waals surface area contributed by atoms with Crippen molar-refractivity contribution in [2.45, 2.75) is 32.8 Å². The highest BCUT2D eigenvalue weighted by Crippen LogP contribution is 2.39. The quantitative estimate of drug-likeness (QED) is 0.450. The second kappa shape index (κ2) is 8.16. The van der Waals surface area contributed by atoms with Gasteiger partial charge in [-0.2, -0.15) is 0 Å². The predicted octanol–water partition coefficient (Wildman–Crippen LogP) is 5.62. The molecule has 0 aliphatic heterocycles. The summed E-state index contributed by atoms with van der Waals surface area (Å²) in [7, 11) is 0. The van der Waals surface area contributed by atoms with Gasteiger partial charge in [0.15, 0.2) is 5.82 Å². The Balaban J connectivity index is 1.81. The Bertz CT molecular complexity index is 832. The molecule has 0 bridgehead atoms. The molecular weight excluding hydrogens is 435 g/mol.